The summed E-state index contributed by atoms with van der Waals surface area (Å²) in [4.78, 5) is 32.3. The summed E-state index contributed by atoms with van der Waals surface area (Å²) in [7, 11) is 0. The number of carbonyl (C=O) groups excluding carboxylic acids is 3. The Morgan fingerprint density at radius 3 is 2.46 bits per heavy atom. The fraction of sp³-hybridized carbons (Fsp3) is 0.667. The number of hydrogen-bond donors (Lipinski definition) is 0. The van der Waals surface area contributed by atoms with Crippen LogP contribution in [-0.2, 0) is 14.4 Å². The predicted octanol–water partition coefficient (Wildman–Crippen LogP) is 1.59. The van der Waals surface area contributed by atoms with Gasteiger partial charge >= 0.3 is 0 Å². The van der Waals surface area contributed by atoms with Crippen molar-refractivity contribution < 1.29 is 14.4 Å². The van der Waals surface area contributed by atoms with Crippen molar-refractivity contribution in [3.63, 3.8) is 0 Å². The van der Waals surface area contributed by atoms with E-state index in [9.17, 15) is 14.4 Å². The van der Waals surface area contributed by atoms with Crippen LogP contribution in [0.5, 0.6) is 0 Å². The zero-order chi connectivity index (χ0) is 10.3. The first-order valence-electron chi connectivity index (χ1n) is 4.25. The average molecular weight is 202 g/mol. The Kier molecular flexibility index (Phi) is 6.49. The van der Waals surface area contributed by atoms with E-state index in [1.54, 1.807) is 0 Å². The number of aldehydes is 1. The van der Waals surface area contributed by atoms with Crippen molar-refractivity contribution in [3.05, 3.63) is 0 Å². The van der Waals surface area contributed by atoms with E-state index in [1.807, 2.05) is 6.92 Å². The van der Waals surface area contributed by atoms with Gasteiger partial charge in [0.15, 0.2) is 5.12 Å². The second-order valence-corrected chi connectivity index (χ2v) is 4.10. The van der Waals surface area contributed by atoms with Gasteiger partial charge in [0.1, 0.15) is 12.1 Å². The van der Waals surface area contributed by atoms with Crippen molar-refractivity contribution >= 4 is 28.9 Å². The highest BCUT2D eigenvalue weighted by Crippen LogP contribution is 2.17. The molecule has 0 aromatic heterocycles. The topological polar surface area (TPSA) is 51.2 Å². The molecule has 1 atom stereocenters. The molecule has 0 fully saturated rings. The molecule has 0 spiro atoms. The zero-order valence-corrected chi connectivity index (χ0v) is 8.73. The number of ketones is 1. The molecule has 0 radical (unpaired) electrons. The van der Waals surface area contributed by atoms with Crippen LogP contribution in [0.25, 0.3) is 0 Å². The quantitative estimate of drug-likeness (QED) is 0.614. The highest BCUT2D eigenvalue weighted by Gasteiger charge is 2.19. The lowest BCUT2D eigenvalue weighted by molar-refractivity contribution is -0.120. The molecule has 0 aliphatic rings. The maximum atomic E-state index is 11.3. The third-order valence-corrected chi connectivity index (χ3v) is 2.55. The van der Waals surface area contributed by atoms with Crippen molar-refractivity contribution in [2.45, 2.75) is 38.4 Å². The molecule has 0 N–H and O–H groups in total. The van der Waals surface area contributed by atoms with Crippen molar-refractivity contribution in [1.29, 1.82) is 0 Å². The van der Waals surface area contributed by atoms with Gasteiger partial charge in [0.05, 0.1) is 5.25 Å². The van der Waals surface area contributed by atoms with Crippen molar-refractivity contribution in [2.75, 3.05) is 0 Å². The summed E-state index contributed by atoms with van der Waals surface area (Å²) in [5.41, 5.74) is 0. The van der Waals surface area contributed by atoms with Gasteiger partial charge in [0, 0.05) is 19.8 Å². The Bertz CT molecular complexity index is 201. The molecule has 0 aliphatic heterocycles. The molecule has 0 heterocycles. The zero-order valence-electron chi connectivity index (χ0n) is 7.91. The van der Waals surface area contributed by atoms with Gasteiger partial charge in [-0.15, -0.1) is 0 Å². The SMILES string of the molecule is CCCC(=O)C(CC=O)SC(C)=O. The first kappa shape index (κ1) is 12.4. The van der Waals surface area contributed by atoms with Crippen molar-refractivity contribution in [1.82, 2.24) is 0 Å². The summed E-state index contributed by atoms with van der Waals surface area (Å²) in [6.45, 7) is 3.30. The summed E-state index contributed by atoms with van der Waals surface area (Å²) in [5.74, 6) is -0.00481. The molecule has 0 aliphatic carbocycles. The summed E-state index contributed by atoms with van der Waals surface area (Å²) in [5, 5.41) is -0.578. The van der Waals surface area contributed by atoms with Gasteiger partial charge < -0.3 is 4.79 Å². The second kappa shape index (κ2) is 6.83. The van der Waals surface area contributed by atoms with Crippen LogP contribution in [0.4, 0.5) is 0 Å². The number of carbonyl (C=O) groups is 3. The molecule has 1 unspecified atom stereocenters. The molecule has 0 saturated carbocycles. The number of thioether (sulfide) groups is 1. The predicted molar refractivity (Wildman–Crippen MR) is 52.7 cm³/mol. The van der Waals surface area contributed by atoms with Crippen LogP contribution in [-0.4, -0.2) is 22.4 Å². The number of hydrogen-bond acceptors (Lipinski definition) is 4. The summed E-state index contributed by atoms with van der Waals surface area (Å²) in [6, 6.07) is 0. The lowest BCUT2D eigenvalue weighted by Crippen LogP contribution is -2.18. The molecule has 74 valence electrons. The Balaban J connectivity index is 4.13. The van der Waals surface area contributed by atoms with Crippen molar-refractivity contribution in [2.24, 2.45) is 0 Å². The minimum atomic E-state index is -0.463. The van der Waals surface area contributed by atoms with Crippen LogP contribution < -0.4 is 0 Å². The molecule has 4 heteroatoms. The molecule has 0 rings (SSSR count). The molecule has 0 aromatic carbocycles. The number of Topliss-reactive ketones (excluding diaryl/α,β-unsaturated/α-hetero) is 1. The third-order valence-electron chi connectivity index (χ3n) is 1.47. The highest BCUT2D eigenvalue weighted by atomic mass is 32.2. The Hall–Kier alpha value is -0.640. The van der Waals surface area contributed by atoms with Crippen LogP contribution in [0.2, 0.25) is 0 Å². The molecule has 0 bridgehead atoms. The van der Waals surface area contributed by atoms with E-state index in [0.29, 0.717) is 12.7 Å². The van der Waals surface area contributed by atoms with E-state index in [0.717, 1.165) is 18.2 Å². The number of rotatable bonds is 6. The van der Waals surface area contributed by atoms with Crippen LogP contribution in [0, 0.1) is 0 Å². The standard InChI is InChI=1S/C9H14O3S/c1-3-4-8(12)9(5-6-10)13-7(2)11/h6,9H,3-5H2,1-2H3. The summed E-state index contributed by atoms with van der Waals surface area (Å²) >= 11 is 0.952. The molecular formula is C9H14O3S. The van der Waals surface area contributed by atoms with Crippen molar-refractivity contribution in [3.8, 4) is 0 Å². The van der Waals surface area contributed by atoms with Gasteiger partial charge in [-0.2, -0.15) is 0 Å². The minimum absolute atomic E-state index is 0.00481. The van der Waals surface area contributed by atoms with Gasteiger partial charge in [-0.1, -0.05) is 18.7 Å². The normalized spacial score (nSPS) is 12.2. The van der Waals surface area contributed by atoms with Crippen LogP contribution >= 0.6 is 11.8 Å². The summed E-state index contributed by atoms with van der Waals surface area (Å²) in [6.07, 6.45) is 2.03. The second-order valence-electron chi connectivity index (χ2n) is 2.72. The fourth-order valence-corrected chi connectivity index (χ4v) is 1.77. The fourth-order valence-electron chi connectivity index (χ4n) is 0.940. The monoisotopic (exact) mass is 202 g/mol. The highest BCUT2D eigenvalue weighted by molar-refractivity contribution is 8.14. The van der Waals surface area contributed by atoms with E-state index in [-0.39, 0.29) is 17.3 Å². The Morgan fingerprint density at radius 1 is 1.46 bits per heavy atom. The minimum Gasteiger partial charge on any atom is -0.303 e. The lowest BCUT2D eigenvalue weighted by atomic mass is 10.1. The first-order chi connectivity index (χ1) is 6.11. The molecule has 0 amide bonds. The lowest BCUT2D eigenvalue weighted by Gasteiger charge is -2.08. The van der Waals surface area contributed by atoms with E-state index >= 15 is 0 Å². The van der Waals surface area contributed by atoms with Crippen LogP contribution in [0.1, 0.15) is 33.1 Å². The first-order valence-corrected chi connectivity index (χ1v) is 5.13. The van der Waals surface area contributed by atoms with E-state index in [2.05, 4.69) is 0 Å². The average Bonchev–Trinajstić information content (AvgIpc) is 2.03. The maximum absolute atomic E-state index is 11.3. The molecule has 0 saturated heterocycles. The van der Waals surface area contributed by atoms with E-state index in [1.165, 1.54) is 6.92 Å². The molecular weight excluding hydrogens is 188 g/mol. The van der Waals surface area contributed by atoms with E-state index < -0.39 is 5.25 Å². The van der Waals surface area contributed by atoms with Gasteiger partial charge in [-0.05, 0) is 6.42 Å². The Labute approximate surface area is 82.3 Å². The smallest absolute Gasteiger partial charge is 0.186 e. The van der Waals surface area contributed by atoms with Crippen LogP contribution in [0.3, 0.4) is 0 Å². The van der Waals surface area contributed by atoms with Gasteiger partial charge in [0.2, 0.25) is 0 Å². The molecule has 13 heavy (non-hydrogen) atoms. The third kappa shape index (κ3) is 5.58. The van der Waals surface area contributed by atoms with Gasteiger partial charge in [-0.3, -0.25) is 9.59 Å². The summed E-state index contributed by atoms with van der Waals surface area (Å²) < 4.78 is 0. The van der Waals surface area contributed by atoms with Gasteiger partial charge in [0.25, 0.3) is 0 Å². The van der Waals surface area contributed by atoms with Gasteiger partial charge in [-0.25, -0.2) is 0 Å². The Morgan fingerprint density at radius 2 is 2.08 bits per heavy atom. The van der Waals surface area contributed by atoms with Crippen LogP contribution in [0.15, 0.2) is 0 Å². The largest absolute Gasteiger partial charge is 0.303 e. The molecule has 0 aromatic rings. The maximum Gasteiger partial charge on any atom is 0.186 e. The molecule has 3 nitrogen and oxygen atoms in total. The van der Waals surface area contributed by atoms with E-state index in [4.69, 9.17) is 0 Å².